The Hall–Kier alpha value is 0.440. The molecule has 1 aliphatic heterocycles. The summed E-state index contributed by atoms with van der Waals surface area (Å²) in [7, 11) is 0. The van der Waals surface area contributed by atoms with Crippen molar-refractivity contribution in [3.8, 4) is 0 Å². The average molecular weight is 228 g/mol. The molecule has 80 valence electrons. The van der Waals surface area contributed by atoms with Gasteiger partial charge < -0.3 is 0 Å². The highest BCUT2D eigenvalue weighted by Crippen LogP contribution is 2.54. The van der Waals surface area contributed by atoms with Crippen LogP contribution in [0.2, 0.25) is 0 Å². The van der Waals surface area contributed by atoms with Crippen molar-refractivity contribution >= 4 is 23.5 Å². The Bertz CT molecular complexity index is 247. The molecule has 0 amide bonds. The van der Waals surface area contributed by atoms with Gasteiger partial charge in [-0.05, 0) is 43.1 Å². The van der Waals surface area contributed by atoms with Crippen LogP contribution in [0, 0.1) is 5.41 Å². The first kappa shape index (κ1) is 10.9. The minimum atomic E-state index is 0.435. The molecule has 0 bridgehead atoms. The third kappa shape index (κ3) is 2.33. The summed E-state index contributed by atoms with van der Waals surface area (Å²) in [6.07, 6.45) is 6.58. The highest BCUT2D eigenvalue weighted by Gasteiger charge is 2.40. The monoisotopic (exact) mass is 228 g/mol. The van der Waals surface area contributed by atoms with E-state index in [2.05, 4.69) is 50.4 Å². The van der Waals surface area contributed by atoms with E-state index in [-0.39, 0.29) is 0 Å². The summed E-state index contributed by atoms with van der Waals surface area (Å²) in [5, 5.41) is 0. The molecule has 0 radical (unpaired) electrons. The second kappa shape index (κ2) is 3.79. The molecule has 0 aromatic rings. The zero-order valence-corrected chi connectivity index (χ0v) is 11.1. The van der Waals surface area contributed by atoms with Crippen LogP contribution < -0.4 is 0 Å². The van der Waals surface area contributed by atoms with Crippen molar-refractivity contribution in [2.45, 2.75) is 44.1 Å². The Balaban J connectivity index is 2.21. The molecule has 0 N–H and O–H groups in total. The molecular formula is C12H20S2. The zero-order chi connectivity index (χ0) is 10.2. The number of hydrogen-bond donors (Lipinski definition) is 0. The molecule has 2 rings (SSSR count). The van der Waals surface area contributed by atoms with Crippen LogP contribution in [-0.4, -0.2) is 15.6 Å². The lowest BCUT2D eigenvalue weighted by molar-refractivity contribution is 0.316. The summed E-state index contributed by atoms with van der Waals surface area (Å²) in [6.45, 7) is 7.14. The molecule has 0 aromatic heterocycles. The van der Waals surface area contributed by atoms with Gasteiger partial charge in [0, 0.05) is 0 Å². The van der Waals surface area contributed by atoms with Crippen LogP contribution in [0.4, 0.5) is 0 Å². The first-order valence-corrected chi connectivity index (χ1v) is 7.45. The van der Waals surface area contributed by atoms with Crippen LogP contribution in [0.15, 0.2) is 11.6 Å². The van der Waals surface area contributed by atoms with Gasteiger partial charge in [-0.15, -0.1) is 23.5 Å². The fourth-order valence-corrected chi connectivity index (χ4v) is 6.58. The largest absolute Gasteiger partial charge is 0.140 e. The lowest BCUT2D eigenvalue weighted by Gasteiger charge is -2.44. The molecule has 2 aliphatic rings. The quantitative estimate of drug-likeness (QED) is 0.566. The number of thioether (sulfide) groups is 2. The lowest BCUT2D eigenvalue weighted by Crippen LogP contribution is -2.33. The summed E-state index contributed by atoms with van der Waals surface area (Å²) in [4.78, 5) is 0. The molecular weight excluding hydrogens is 208 g/mol. The Kier molecular flexibility index (Phi) is 2.96. The van der Waals surface area contributed by atoms with Crippen molar-refractivity contribution in [1.29, 1.82) is 0 Å². The Morgan fingerprint density at radius 3 is 2.43 bits per heavy atom. The predicted octanol–water partition coefficient (Wildman–Crippen LogP) is 4.32. The summed E-state index contributed by atoms with van der Waals surface area (Å²) < 4.78 is 0.435. The first-order valence-electron chi connectivity index (χ1n) is 5.48. The van der Waals surface area contributed by atoms with Gasteiger partial charge in [-0.3, -0.25) is 0 Å². The van der Waals surface area contributed by atoms with Gasteiger partial charge in [0.1, 0.15) is 0 Å². The minimum Gasteiger partial charge on any atom is -0.140 e. The van der Waals surface area contributed by atoms with Crippen LogP contribution in [0.1, 0.15) is 40.0 Å². The fraction of sp³-hybridized carbons (Fsp3) is 0.833. The number of allylic oxidation sites excluding steroid dienone is 1. The maximum atomic E-state index is 2.55. The van der Waals surface area contributed by atoms with Gasteiger partial charge >= 0.3 is 0 Å². The van der Waals surface area contributed by atoms with Gasteiger partial charge in [-0.25, -0.2) is 0 Å². The van der Waals surface area contributed by atoms with Gasteiger partial charge in [0.25, 0.3) is 0 Å². The van der Waals surface area contributed by atoms with E-state index >= 15 is 0 Å². The highest BCUT2D eigenvalue weighted by molar-refractivity contribution is 8.19. The van der Waals surface area contributed by atoms with Gasteiger partial charge in [-0.2, -0.15) is 0 Å². The molecule has 14 heavy (non-hydrogen) atoms. The fourth-order valence-electron chi connectivity index (χ4n) is 2.74. The van der Waals surface area contributed by atoms with Crippen molar-refractivity contribution < 1.29 is 0 Å². The van der Waals surface area contributed by atoms with Gasteiger partial charge in [-0.1, -0.05) is 25.5 Å². The number of hydrogen-bond acceptors (Lipinski definition) is 2. The smallest absolute Gasteiger partial charge is 0.0799 e. The summed E-state index contributed by atoms with van der Waals surface area (Å²) in [5.41, 5.74) is 2.11. The van der Waals surface area contributed by atoms with Crippen LogP contribution in [0.3, 0.4) is 0 Å². The molecule has 2 heteroatoms. The average Bonchev–Trinajstić information content (AvgIpc) is 2.00. The second-order valence-corrected chi connectivity index (χ2v) is 8.48. The Labute approximate surface area is 96.3 Å². The predicted molar refractivity (Wildman–Crippen MR) is 69.0 cm³/mol. The first-order chi connectivity index (χ1) is 6.52. The SMILES string of the molecule is CC1=CC2(CC(C)(C)C1)SCCCS2. The highest BCUT2D eigenvalue weighted by atomic mass is 32.2. The normalized spacial score (nSPS) is 30.1. The molecule has 0 atom stereocenters. The van der Waals surface area contributed by atoms with Crippen molar-refractivity contribution in [2.75, 3.05) is 11.5 Å². The van der Waals surface area contributed by atoms with Crippen molar-refractivity contribution in [3.05, 3.63) is 11.6 Å². The summed E-state index contributed by atoms with van der Waals surface area (Å²) in [6, 6.07) is 0. The lowest BCUT2D eigenvalue weighted by atomic mass is 9.77. The van der Waals surface area contributed by atoms with E-state index in [4.69, 9.17) is 0 Å². The van der Waals surface area contributed by atoms with E-state index in [0.29, 0.717) is 9.49 Å². The summed E-state index contributed by atoms with van der Waals surface area (Å²) >= 11 is 4.36. The van der Waals surface area contributed by atoms with E-state index in [1.165, 1.54) is 30.8 Å². The molecule has 0 nitrogen and oxygen atoms in total. The van der Waals surface area contributed by atoms with E-state index < -0.39 is 0 Å². The third-order valence-electron chi connectivity index (χ3n) is 2.93. The minimum absolute atomic E-state index is 0.435. The standard InChI is InChI=1S/C12H20S2/c1-10-7-11(2,3)9-12(8-10)13-5-4-6-14-12/h8H,4-7,9H2,1-3H3. The molecule has 0 saturated carbocycles. The summed E-state index contributed by atoms with van der Waals surface area (Å²) in [5.74, 6) is 2.71. The van der Waals surface area contributed by atoms with E-state index in [1.807, 2.05) is 0 Å². The van der Waals surface area contributed by atoms with Gasteiger partial charge in [0.15, 0.2) is 0 Å². The second-order valence-electron chi connectivity index (χ2n) is 5.37. The molecule has 0 aromatic carbocycles. The Morgan fingerprint density at radius 2 is 1.86 bits per heavy atom. The van der Waals surface area contributed by atoms with Crippen LogP contribution in [0.5, 0.6) is 0 Å². The van der Waals surface area contributed by atoms with Crippen molar-refractivity contribution in [3.63, 3.8) is 0 Å². The molecule has 1 aliphatic carbocycles. The van der Waals surface area contributed by atoms with Crippen LogP contribution in [-0.2, 0) is 0 Å². The van der Waals surface area contributed by atoms with E-state index in [1.54, 1.807) is 5.57 Å². The van der Waals surface area contributed by atoms with Crippen molar-refractivity contribution in [1.82, 2.24) is 0 Å². The van der Waals surface area contributed by atoms with Gasteiger partial charge in [0.2, 0.25) is 0 Å². The zero-order valence-electron chi connectivity index (χ0n) is 9.43. The maximum absolute atomic E-state index is 2.55. The third-order valence-corrected chi connectivity index (χ3v) is 6.12. The van der Waals surface area contributed by atoms with E-state index in [0.717, 1.165) is 0 Å². The topological polar surface area (TPSA) is 0 Å². The molecule has 0 unspecified atom stereocenters. The molecule has 1 saturated heterocycles. The van der Waals surface area contributed by atoms with Crippen LogP contribution >= 0.6 is 23.5 Å². The van der Waals surface area contributed by atoms with E-state index in [9.17, 15) is 0 Å². The maximum Gasteiger partial charge on any atom is 0.0799 e. The molecule has 1 spiro atoms. The van der Waals surface area contributed by atoms with Crippen LogP contribution in [0.25, 0.3) is 0 Å². The van der Waals surface area contributed by atoms with Crippen molar-refractivity contribution in [2.24, 2.45) is 5.41 Å². The number of rotatable bonds is 0. The van der Waals surface area contributed by atoms with Gasteiger partial charge in [0.05, 0.1) is 4.08 Å². The Morgan fingerprint density at radius 1 is 1.21 bits per heavy atom. The molecule has 1 heterocycles. The molecule has 1 fully saturated rings.